The van der Waals surface area contributed by atoms with E-state index < -0.39 is 0 Å². The van der Waals surface area contributed by atoms with E-state index in [1.807, 2.05) is 0 Å². The largest absolute Gasteiger partial charge is 0.348 e. The summed E-state index contributed by atoms with van der Waals surface area (Å²) in [6.07, 6.45) is 2.40. The number of rotatable bonds is 3. The van der Waals surface area contributed by atoms with Crippen molar-refractivity contribution >= 4 is 5.91 Å². The molecule has 0 radical (unpaired) electrons. The number of hydrogen-bond acceptors (Lipinski definition) is 2. The molecule has 1 N–H and O–H groups in total. The molecular formula is C8H16N2O. The van der Waals surface area contributed by atoms with Crippen LogP contribution >= 0.6 is 0 Å². The third-order valence-electron chi connectivity index (χ3n) is 2.17. The van der Waals surface area contributed by atoms with Crippen LogP contribution in [0.25, 0.3) is 0 Å². The van der Waals surface area contributed by atoms with Crippen LogP contribution in [0, 0.1) is 0 Å². The minimum absolute atomic E-state index is 0.151. The molecule has 0 spiro atoms. The van der Waals surface area contributed by atoms with Gasteiger partial charge in [-0.15, -0.1) is 0 Å². The predicted molar refractivity (Wildman–Crippen MR) is 44.3 cm³/mol. The maximum absolute atomic E-state index is 11.1. The van der Waals surface area contributed by atoms with Gasteiger partial charge in [-0.25, -0.2) is 0 Å². The summed E-state index contributed by atoms with van der Waals surface area (Å²) in [5.41, 5.74) is 0.270. The van der Waals surface area contributed by atoms with E-state index in [-0.39, 0.29) is 11.4 Å². The van der Waals surface area contributed by atoms with Gasteiger partial charge >= 0.3 is 0 Å². The summed E-state index contributed by atoms with van der Waals surface area (Å²) in [5.74, 6) is 0.151. The van der Waals surface area contributed by atoms with Crippen LogP contribution in [0.1, 0.15) is 19.8 Å². The second kappa shape index (κ2) is 2.81. The highest BCUT2D eigenvalue weighted by molar-refractivity contribution is 5.77. The number of amides is 1. The van der Waals surface area contributed by atoms with Crippen LogP contribution in [0.5, 0.6) is 0 Å². The number of nitrogens with one attached hydrogen (secondary N) is 1. The Balaban J connectivity index is 2.16. The highest BCUT2D eigenvalue weighted by Gasteiger charge is 2.36. The van der Waals surface area contributed by atoms with Crippen LogP contribution in [-0.2, 0) is 4.79 Å². The molecule has 0 saturated heterocycles. The maximum atomic E-state index is 11.1. The topological polar surface area (TPSA) is 32.3 Å². The van der Waals surface area contributed by atoms with E-state index in [4.69, 9.17) is 0 Å². The van der Waals surface area contributed by atoms with Gasteiger partial charge in [0.15, 0.2) is 0 Å². The Labute approximate surface area is 67.8 Å². The highest BCUT2D eigenvalue weighted by atomic mass is 16.2. The minimum Gasteiger partial charge on any atom is -0.348 e. The number of nitrogens with zero attached hydrogens (tertiary/aromatic N) is 1. The fourth-order valence-corrected chi connectivity index (χ4v) is 0.811. The maximum Gasteiger partial charge on any atom is 0.236 e. The average molecular weight is 156 g/mol. The molecule has 3 nitrogen and oxygen atoms in total. The fourth-order valence-electron chi connectivity index (χ4n) is 0.811. The third-order valence-corrected chi connectivity index (χ3v) is 2.17. The molecule has 0 atom stereocenters. The van der Waals surface area contributed by atoms with E-state index in [1.54, 1.807) is 19.0 Å². The lowest BCUT2D eigenvalue weighted by molar-refractivity contribution is -0.127. The molecule has 0 heterocycles. The smallest absolute Gasteiger partial charge is 0.236 e. The molecule has 1 rings (SSSR count). The molecule has 0 aromatic carbocycles. The first-order valence-electron chi connectivity index (χ1n) is 3.99. The summed E-state index contributed by atoms with van der Waals surface area (Å²) in [6.45, 7) is 2.62. The van der Waals surface area contributed by atoms with Crippen molar-refractivity contribution in [3.63, 3.8) is 0 Å². The lowest BCUT2D eigenvalue weighted by Gasteiger charge is -2.14. The van der Waals surface area contributed by atoms with Crippen molar-refractivity contribution in [1.29, 1.82) is 0 Å². The van der Waals surface area contributed by atoms with Crippen molar-refractivity contribution in [3.05, 3.63) is 0 Å². The average Bonchev–Trinajstić information content (AvgIpc) is 2.64. The summed E-state index contributed by atoms with van der Waals surface area (Å²) >= 11 is 0. The molecule has 1 aliphatic carbocycles. The Morgan fingerprint density at radius 1 is 1.55 bits per heavy atom. The van der Waals surface area contributed by atoms with E-state index in [0.29, 0.717) is 6.54 Å². The Hall–Kier alpha value is -0.570. The summed E-state index contributed by atoms with van der Waals surface area (Å²) < 4.78 is 0. The van der Waals surface area contributed by atoms with E-state index in [2.05, 4.69) is 12.2 Å². The van der Waals surface area contributed by atoms with E-state index in [1.165, 1.54) is 12.8 Å². The second-order valence-corrected chi connectivity index (χ2v) is 3.70. The van der Waals surface area contributed by atoms with Crippen LogP contribution in [-0.4, -0.2) is 37.0 Å². The van der Waals surface area contributed by atoms with Crippen molar-refractivity contribution < 1.29 is 4.79 Å². The zero-order valence-electron chi connectivity index (χ0n) is 7.48. The Morgan fingerprint density at radius 3 is 2.45 bits per heavy atom. The van der Waals surface area contributed by atoms with Crippen molar-refractivity contribution in [1.82, 2.24) is 10.2 Å². The molecule has 1 fully saturated rings. The summed E-state index contributed by atoms with van der Waals surface area (Å²) in [5, 5.41) is 3.22. The zero-order chi connectivity index (χ0) is 8.48. The third kappa shape index (κ3) is 2.50. The van der Waals surface area contributed by atoms with Crippen molar-refractivity contribution in [2.24, 2.45) is 0 Å². The van der Waals surface area contributed by atoms with Crippen molar-refractivity contribution in [3.8, 4) is 0 Å². The number of carbonyl (C=O) groups is 1. The Kier molecular flexibility index (Phi) is 2.18. The van der Waals surface area contributed by atoms with Crippen LogP contribution in [0.3, 0.4) is 0 Å². The molecule has 64 valence electrons. The van der Waals surface area contributed by atoms with E-state index in [9.17, 15) is 4.79 Å². The first-order valence-corrected chi connectivity index (χ1v) is 3.99. The molecular weight excluding hydrogens is 140 g/mol. The first kappa shape index (κ1) is 8.53. The molecule has 3 heteroatoms. The van der Waals surface area contributed by atoms with Crippen molar-refractivity contribution in [2.75, 3.05) is 20.6 Å². The van der Waals surface area contributed by atoms with Gasteiger partial charge in [-0.2, -0.15) is 0 Å². The van der Waals surface area contributed by atoms with Crippen LogP contribution in [0.15, 0.2) is 0 Å². The van der Waals surface area contributed by atoms with Crippen LogP contribution in [0.2, 0.25) is 0 Å². The molecule has 0 aromatic rings. The van der Waals surface area contributed by atoms with Crippen LogP contribution in [0.4, 0.5) is 0 Å². The lowest BCUT2D eigenvalue weighted by atomic mass is 10.3. The second-order valence-electron chi connectivity index (χ2n) is 3.70. The zero-order valence-corrected chi connectivity index (χ0v) is 7.48. The van der Waals surface area contributed by atoms with E-state index in [0.717, 1.165) is 0 Å². The lowest BCUT2D eigenvalue weighted by Crippen LogP contribution is -2.38. The first-order chi connectivity index (χ1) is 5.03. The summed E-state index contributed by atoms with van der Waals surface area (Å²) in [7, 11) is 3.55. The van der Waals surface area contributed by atoms with Crippen molar-refractivity contribution in [2.45, 2.75) is 25.3 Å². The van der Waals surface area contributed by atoms with Gasteiger partial charge in [0, 0.05) is 19.6 Å². The molecule has 0 unspecified atom stereocenters. The standard InChI is InChI=1S/C8H16N2O/c1-8(4-5-8)9-6-7(11)10(2)3/h9H,4-6H2,1-3H3. The molecule has 0 aromatic heterocycles. The van der Waals surface area contributed by atoms with E-state index >= 15 is 0 Å². The van der Waals surface area contributed by atoms with Gasteiger partial charge in [-0.1, -0.05) is 0 Å². The van der Waals surface area contributed by atoms with Crippen LogP contribution < -0.4 is 5.32 Å². The highest BCUT2D eigenvalue weighted by Crippen LogP contribution is 2.33. The molecule has 0 aliphatic heterocycles. The van der Waals surface area contributed by atoms with Gasteiger partial charge in [0.25, 0.3) is 0 Å². The number of hydrogen-bond donors (Lipinski definition) is 1. The summed E-state index contributed by atoms with van der Waals surface area (Å²) in [4.78, 5) is 12.7. The normalized spacial score (nSPS) is 19.5. The van der Waals surface area contributed by atoms with Gasteiger partial charge < -0.3 is 10.2 Å². The quantitative estimate of drug-likeness (QED) is 0.634. The minimum atomic E-state index is 0.151. The molecule has 1 amide bonds. The molecule has 1 aliphatic rings. The fraction of sp³-hybridized carbons (Fsp3) is 0.875. The monoisotopic (exact) mass is 156 g/mol. The van der Waals surface area contributed by atoms with Gasteiger partial charge in [-0.3, -0.25) is 4.79 Å². The number of likely N-dealkylation sites (N-methyl/N-ethyl adjacent to an activating group) is 1. The van der Waals surface area contributed by atoms with Gasteiger partial charge in [0.05, 0.1) is 6.54 Å². The molecule has 11 heavy (non-hydrogen) atoms. The van der Waals surface area contributed by atoms with Gasteiger partial charge in [0.2, 0.25) is 5.91 Å². The Morgan fingerprint density at radius 2 is 2.09 bits per heavy atom. The summed E-state index contributed by atoms with van der Waals surface area (Å²) in [6, 6.07) is 0. The van der Waals surface area contributed by atoms with Gasteiger partial charge in [0.1, 0.15) is 0 Å². The molecule has 0 bridgehead atoms. The number of carbonyl (C=O) groups excluding carboxylic acids is 1. The SMILES string of the molecule is CN(C)C(=O)CNC1(C)CC1. The predicted octanol–water partition coefficient (Wildman–Crippen LogP) is 0.217. The Bertz CT molecular complexity index is 161. The molecule has 1 saturated carbocycles. The van der Waals surface area contributed by atoms with Gasteiger partial charge in [-0.05, 0) is 19.8 Å².